The molecule has 0 bridgehead atoms. The number of carbonyl (C=O) groups excluding carboxylic acids is 2. The van der Waals surface area contributed by atoms with Crippen LogP contribution in [0.1, 0.15) is 48.3 Å². The predicted octanol–water partition coefficient (Wildman–Crippen LogP) is 3.91. The van der Waals surface area contributed by atoms with Gasteiger partial charge in [-0.15, -0.1) is 0 Å². The molecule has 0 amide bonds. The van der Waals surface area contributed by atoms with Gasteiger partial charge in [-0.25, -0.2) is 14.6 Å². The Bertz CT molecular complexity index is 1050. The molecule has 0 aliphatic rings. The van der Waals surface area contributed by atoms with Crippen molar-refractivity contribution in [1.82, 2.24) is 10.1 Å². The normalized spacial score (nSPS) is 11.6. The van der Waals surface area contributed by atoms with E-state index in [9.17, 15) is 9.59 Å². The van der Waals surface area contributed by atoms with Crippen molar-refractivity contribution in [3.63, 3.8) is 0 Å². The predicted molar refractivity (Wildman–Crippen MR) is 99.8 cm³/mol. The lowest BCUT2D eigenvalue weighted by molar-refractivity contribution is -0.158. The van der Waals surface area contributed by atoms with Gasteiger partial charge in [0.05, 0.1) is 22.3 Å². The molecule has 3 rings (SSSR count). The standard InChI is InChI=1S/C20H22N2O6/c1-10-7-13(12(3)26-10)15-8-14(17-11(2)22-28-18(17)21-15)19(24)25-9-16(23)27-20(4,5)6/h7-8H,9H2,1-6H3. The molecule has 28 heavy (non-hydrogen) atoms. The van der Waals surface area contributed by atoms with Crippen molar-refractivity contribution in [3.05, 3.63) is 34.9 Å². The van der Waals surface area contributed by atoms with E-state index in [4.69, 9.17) is 18.4 Å². The minimum absolute atomic E-state index is 0.206. The third-order valence-corrected chi connectivity index (χ3v) is 3.90. The Morgan fingerprint density at radius 3 is 2.46 bits per heavy atom. The number of ether oxygens (including phenoxy) is 2. The maximum Gasteiger partial charge on any atom is 0.344 e. The number of furan rings is 1. The summed E-state index contributed by atoms with van der Waals surface area (Å²) in [5.74, 6) is 0.0595. The second-order valence-electron chi connectivity index (χ2n) is 7.49. The van der Waals surface area contributed by atoms with Crippen molar-refractivity contribution in [3.8, 4) is 11.3 Å². The molecule has 0 aliphatic heterocycles. The fourth-order valence-electron chi connectivity index (χ4n) is 2.85. The van der Waals surface area contributed by atoms with Crippen LogP contribution in [-0.2, 0) is 14.3 Å². The molecular formula is C20H22N2O6. The molecular weight excluding hydrogens is 364 g/mol. The number of carbonyl (C=O) groups is 2. The minimum atomic E-state index is -0.691. The van der Waals surface area contributed by atoms with Gasteiger partial charge in [-0.3, -0.25) is 0 Å². The van der Waals surface area contributed by atoms with Crippen LogP contribution < -0.4 is 0 Å². The van der Waals surface area contributed by atoms with Gasteiger partial charge in [-0.2, -0.15) is 0 Å². The maximum atomic E-state index is 12.7. The summed E-state index contributed by atoms with van der Waals surface area (Å²) in [5.41, 5.74) is 1.47. The van der Waals surface area contributed by atoms with E-state index in [2.05, 4.69) is 10.1 Å². The highest BCUT2D eigenvalue weighted by atomic mass is 16.6. The number of hydrogen-bond donors (Lipinski definition) is 0. The molecule has 0 atom stereocenters. The molecule has 8 heteroatoms. The molecule has 0 fully saturated rings. The SMILES string of the molecule is Cc1cc(-c2cc(C(=O)OCC(=O)OC(C)(C)C)c3c(C)noc3n2)c(C)o1. The van der Waals surface area contributed by atoms with Gasteiger partial charge in [-0.1, -0.05) is 5.16 Å². The number of pyridine rings is 1. The first-order valence-corrected chi connectivity index (χ1v) is 8.78. The van der Waals surface area contributed by atoms with Crippen LogP contribution in [0.2, 0.25) is 0 Å². The van der Waals surface area contributed by atoms with Crippen LogP contribution in [0.3, 0.4) is 0 Å². The van der Waals surface area contributed by atoms with E-state index < -0.39 is 24.1 Å². The van der Waals surface area contributed by atoms with E-state index in [1.807, 2.05) is 13.0 Å². The third-order valence-electron chi connectivity index (χ3n) is 3.90. The summed E-state index contributed by atoms with van der Waals surface area (Å²) >= 11 is 0. The number of aryl methyl sites for hydroxylation is 3. The quantitative estimate of drug-likeness (QED) is 0.622. The third kappa shape index (κ3) is 4.05. The Labute approximate surface area is 161 Å². The van der Waals surface area contributed by atoms with Crippen LogP contribution in [-0.4, -0.2) is 34.3 Å². The topological polar surface area (TPSA) is 105 Å². The maximum absolute atomic E-state index is 12.7. The number of hydrogen-bond acceptors (Lipinski definition) is 8. The first-order valence-electron chi connectivity index (χ1n) is 8.78. The molecule has 0 radical (unpaired) electrons. The number of aromatic nitrogens is 2. The number of esters is 2. The van der Waals surface area contributed by atoms with E-state index in [1.54, 1.807) is 40.7 Å². The highest BCUT2D eigenvalue weighted by molar-refractivity contribution is 6.04. The van der Waals surface area contributed by atoms with Gasteiger partial charge >= 0.3 is 11.9 Å². The summed E-state index contributed by atoms with van der Waals surface area (Å²) in [6.45, 7) is 10.0. The molecule has 0 unspecified atom stereocenters. The summed E-state index contributed by atoms with van der Waals surface area (Å²) in [4.78, 5) is 29.0. The summed E-state index contributed by atoms with van der Waals surface area (Å²) < 4.78 is 21.1. The van der Waals surface area contributed by atoms with Crippen LogP contribution in [0.15, 0.2) is 21.1 Å². The fraction of sp³-hybridized carbons (Fsp3) is 0.400. The Kier molecular flexibility index (Phi) is 4.97. The molecule has 0 N–H and O–H groups in total. The van der Waals surface area contributed by atoms with Gasteiger partial charge in [-0.05, 0) is 53.7 Å². The van der Waals surface area contributed by atoms with Crippen molar-refractivity contribution in [2.24, 2.45) is 0 Å². The van der Waals surface area contributed by atoms with Crippen molar-refractivity contribution in [2.75, 3.05) is 6.61 Å². The molecule has 0 saturated carbocycles. The lowest BCUT2D eigenvalue weighted by Crippen LogP contribution is -2.27. The molecule has 3 aromatic heterocycles. The van der Waals surface area contributed by atoms with Crippen LogP contribution in [0.5, 0.6) is 0 Å². The van der Waals surface area contributed by atoms with Crippen molar-refractivity contribution in [2.45, 2.75) is 47.1 Å². The first-order chi connectivity index (χ1) is 13.0. The highest BCUT2D eigenvalue weighted by Crippen LogP contribution is 2.30. The number of nitrogens with zero attached hydrogens (tertiary/aromatic N) is 2. The minimum Gasteiger partial charge on any atom is -0.466 e. The van der Waals surface area contributed by atoms with Crippen LogP contribution in [0, 0.1) is 20.8 Å². The zero-order valence-electron chi connectivity index (χ0n) is 16.7. The molecule has 0 aliphatic carbocycles. The van der Waals surface area contributed by atoms with Gasteiger partial charge in [0.2, 0.25) is 0 Å². The Morgan fingerprint density at radius 1 is 1.14 bits per heavy atom. The summed E-state index contributed by atoms with van der Waals surface area (Å²) in [6.07, 6.45) is 0. The Balaban J connectivity index is 1.95. The van der Waals surface area contributed by atoms with E-state index in [-0.39, 0.29) is 11.3 Å². The van der Waals surface area contributed by atoms with E-state index >= 15 is 0 Å². The van der Waals surface area contributed by atoms with Gasteiger partial charge in [0.15, 0.2) is 6.61 Å². The average Bonchev–Trinajstić information content (AvgIpc) is 3.12. The molecule has 0 aromatic carbocycles. The van der Waals surface area contributed by atoms with Crippen LogP contribution >= 0.6 is 0 Å². The average molecular weight is 386 g/mol. The molecule has 0 saturated heterocycles. The summed E-state index contributed by atoms with van der Waals surface area (Å²) in [6, 6.07) is 3.41. The lowest BCUT2D eigenvalue weighted by Gasteiger charge is -2.19. The second-order valence-corrected chi connectivity index (χ2v) is 7.49. The van der Waals surface area contributed by atoms with Gasteiger partial charge in [0.25, 0.3) is 5.71 Å². The summed E-state index contributed by atoms with van der Waals surface area (Å²) in [7, 11) is 0. The number of fused-ring (bicyclic) bond motifs is 1. The molecule has 0 spiro atoms. The Hall–Kier alpha value is -3.16. The van der Waals surface area contributed by atoms with Crippen molar-refractivity contribution in [1.29, 1.82) is 0 Å². The molecule has 8 nitrogen and oxygen atoms in total. The van der Waals surface area contributed by atoms with Crippen LogP contribution in [0.25, 0.3) is 22.4 Å². The lowest BCUT2D eigenvalue weighted by atomic mass is 10.1. The van der Waals surface area contributed by atoms with Crippen molar-refractivity contribution >= 4 is 23.0 Å². The first kappa shape index (κ1) is 19.6. The van der Waals surface area contributed by atoms with Crippen molar-refractivity contribution < 1.29 is 28.0 Å². The largest absolute Gasteiger partial charge is 0.466 e. The molecule has 148 valence electrons. The van der Waals surface area contributed by atoms with E-state index in [1.165, 1.54) is 0 Å². The highest BCUT2D eigenvalue weighted by Gasteiger charge is 2.23. The van der Waals surface area contributed by atoms with E-state index in [0.717, 1.165) is 11.3 Å². The number of rotatable bonds is 4. The molecule has 3 heterocycles. The summed E-state index contributed by atoms with van der Waals surface area (Å²) in [5, 5.41) is 4.33. The zero-order chi connectivity index (χ0) is 20.6. The second kappa shape index (κ2) is 7.10. The van der Waals surface area contributed by atoms with Gasteiger partial charge in [0.1, 0.15) is 17.1 Å². The molecule has 3 aromatic rings. The van der Waals surface area contributed by atoms with Gasteiger partial charge in [0, 0.05) is 5.56 Å². The smallest absolute Gasteiger partial charge is 0.344 e. The fourth-order valence-corrected chi connectivity index (χ4v) is 2.85. The van der Waals surface area contributed by atoms with Gasteiger partial charge < -0.3 is 18.4 Å². The van der Waals surface area contributed by atoms with E-state index in [0.29, 0.717) is 22.5 Å². The van der Waals surface area contributed by atoms with Crippen LogP contribution in [0.4, 0.5) is 0 Å². The Morgan fingerprint density at radius 2 is 1.86 bits per heavy atom. The zero-order valence-corrected chi connectivity index (χ0v) is 16.7. The monoisotopic (exact) mass is 386 g/mol.